The highest BCUT2D eigenvalue weighted by Gasteiger charge is 2.11. The molecule has 4 heteroatoms. The number of rotatable bonds is 3. The van der Waals surface area contributed by atoms with E-state index in [9.17, 15) is 0 Å². The Balaban J connectivity index is 3.27. The summed E-state index contributed by atoms with van der Waals surface area (Å²) in [5, 5.41) is 8.88. The van der Waals surface area contributed by atoms with E-state index in [0.717, 1.165) is 4.47 Å². The molecule has 0 fully saturated rings. The molecular weight excluding hydrogens is 246 g/mol. The van der Waals surface area contributed by atoms with Crippen molar-refractivity contribution in [3.8, 4) is 17.6 Å². The lowest BCUT2D eigenvalue weighted by atomic mass is 10.2. The van der Waals surface area contributed by atoms with E-state index in [1.54, 1.807) is 19.2 Å². The first-order valence-electron chi connectivity index (χ1n) is 4.13. The van der Waals surface area contributed by atoms with E-state index >= 15 is 0 Å². The van der Waals surface area contributed by atoms with Crippen LogP contribution in [0, 0.1) is 11.3 Å². The minimum absolute atomic E-state index is 0.470. The van der Waals surface area contributed by atoms with Crippen LogP contribution in [0.4, 0.5) is 0 Å². The van der Waals surface area contributed by atoms with Crippen molar-refractivity contribution >= 4 is 15.9 Å². The van der Waals surface area contributed by atoms with E-state index in [1.165, 1.54) is 0 Å². The average molecular weight is 256 g/mol. The van der Waals surface area contributed by atoms with E-state index in [4.69, 9.17) is 14.7 Å². The van der Waals surface area contributed by atoms with Crippen LogP contribution in [0.1, 0.15) is 12.5 Å². The molecule has 0 aliphatic carbocycles. The summed E-state index contributed by atoms with van der Waals surface area (Å²) < 4.78 is 11.3. The minimum Gasteiger partial charge on any atom is -0.493 e. The van der Waals surface area contributed by atoms with Gasteiger partial charge in [-0.15, -0.1) is 0 Å². The fraction of sp³-hybridized carbons (Fsp3) is 0.300. The normalized spacial score (nSPS) is 9.29. The average Bonchev–Trinajstić information content (AvgIpc) is 2.20. The van der Waals surface area contributed by atoms with Crippen LogP contribution < -0.4 is 9.47 Å². The molecule has 0 heterocycles. The quantitative estimate of drug-likeness (QED) is 0.834. The number of hydrogen-bond acceptors (Lipinski definition) is 3. The van der Waals surface area contributed by atoms with Gasteiger partial charge in [0, 0.05) is 4.47 Å². The van der Waals surface area contributed by atoms with Gasteiger partial charge in [-0.1, -0.05) is 15.9 Å². The largest absolute Gasteiger partial charge is 0.493 e. The fourth-order valence-corrected chi connectivity index (χ4v) is 1.53. The van der Waals surface area contributed by atoms with Crippen molar-refractivity contribution in [1.82, 2.24) is 0 Å². The van der Waals surface area contributed by atoms with Crippen LogP contribution in [0.3, 0.4) is 0 Å². The lowest BCUT2D eigenvalue weighted by molar-refractivity contribution is 0.310. The molecule has 0 amide bonds. The van der Waals surface area contributed by atoms with E-state index < -0.39 is 0 Å². The van der Waals surface area contributed by atoms with Gasteiger partial charge >= 0.3 is 0 Å². The van der Waals surface area contributed by atoms with Gasteiger partial charge in [-0.2, -0.15) is 5.26 Å². The first-order valence-corrected chi connectivity index (χ1v) is 4.92. The Kier molecular flexibility index (Phi) is 3.78. The number of ether oxygens (including phenoxy) is 2. The minimum atomic E-state index is 0.470. The lowest BCUT2D eigenvalue weighted by Crippen LogP contribution is -1.98. The summed E-state index contributed by atoms with van der Waals surface area (Å²) in [7, 11) is 1.55. The Bertz CT molecular complexity index is 371. The van der Waals surface area contributed by atoms with Crippen molar-refractivity contribution in [2.24, 2.45) is 0 Å². The molecule has 0 radical (unpaired) electrons. The maximum Gasteiger partial charge on any atom is 0.178 e. The summed E-state index contributed by atoms with van der Waals surface area (Å²) in [5.74, 6) is 1.07. The highest BCUT2D eigenvalue weighted by atomic mass is 79.9. The molecule has 0 unspecified atom stereocenters. The molecule has 14 heavy (non-hydrogen) atoms. The third kappa shape index (κ3) is 2.18. The molecule has 0 aliphatic heterocycles. The van der Waals surface area contributed by atoms with Gasteiger partial charge in [-0.3, -0.25) is 0 Å². The van der Waals surface area contributed by atoms with Crippen molar-refractivity contribution in [3.05, 3.63) is 22.2 Å². The molecule has 74 valence electrons. The summed E-state index contributed by atoms with van der Waals surface area (Å²) in [6.45, 7) is 2.37. The molecule has 0 spiro atoms. The van der Waals surface area contributed by atoms with Crippen LogP contribution in [-0.2, 0) is 0 Å². The molecule has 0 N–H and O–H groups in total. The lowest BCUT2D eigenvalue weighted by Gasteiger charge is -2.10. The van der Waals surface area contributed by atoms with Crippen LogP contribution in [-0.4, -0.2) is 13.7 Å². The second-order valence-corrected chi connectivity index (χ2v) is 3.45. The van der Waals surface area contributed by atoms with Gasteiger partial charge in [0.1, 0.15) is 6.07 Å². The first kappa shape index (κ1) is 10.9. The molecule has 1 aromatic carbocycles. The monoisotopic (exact) mass is 255 g/mol. The molecule has 1 aromatic rings. The summed E-state index contributed by atoms with van der Waals surface area (Å²) in [6, 6.07) is 5.53. The Labute approximate surface area is 91.4 Å². The number of benzene rings is 1. The van der Waals surface area contributed by atoms with E-state index in [0.29, 0.717) is 23.7 Å². The summed E-state index contributed by atoms with van der Waals surface area (Å²) in [4.78, 5) is 0. The van der Waals surface area contributed by atoms with Gasteiger partial charge in [0.2, 0.25) is 0 Å². The number of nitrogens with zero attached hydrogens (tertiary/aromatic N) is 1. The van der Waals surface area contributed by atoms with E-state index in [-0.39, 0.29) is 0 Å². The number of methoxy groups -OCH3 is 1. The van der Waals surface area contributed by atoms with Crippen molar-refractivity contribution in [2.75, 3.05) is 13.7 Å². The van der Waals surface area contributed by atoms with Gasteiger partial charge in [0.25, 0.3) is 0 Å². The molecule has 1 rings (SSSR count). The summed E-state index contributed by atoms with van der Waals surface area (Å²) in [6.07, 6.45) is 0. The maximum atomic E-state index is 8.88. The zero-order valence-corrected chi connectivity index (χ0v) is 9.59. The van der Waals surface area contributed by atoms with Crippen molar-refractivity contribution in [3.63, 3.8) is 0 Å². The van der Waals surface area contributed by atoms with Gasteiger partial charge in [-0.25, -0.2) is 0 Å². The Morgan fingerprint density at radius 1 is 1.50 bits per heavy atom. The highest BCUT2D eigenvalue weighted by molar-refractivity contribution is 9.10. The van der Waals surface area contributed by atoms with E-state index in [2.05, 4.69) is 22.0 Å². The fourth-order valence-electron chi connectivity index (χ4n) is 1.10. The Morgan fingerprint density at radius 2 is 2.21 bits per heavy atom. The Hall–Kier alpha value is -1.21. The summed E-state index contributed by atoms with van der Waals surface area (Å²) >= 11 is 3.29. The number of hydrogen-bond donors (Lipinski definition) is 0. The molecule has 0 aromatic heterocycles. The van der Waals surface area contributed by atoms with Crippen molar-refractivity contribution < 1.29 is 9.47 Å². The maximum absolute atomic E-state index is 8.88. The molecule has 0 atom stereocenters. The smallest absolute Gasteiger partial charge is 0.178 e. The van der Waals surface area contributed by atoms with Gasteiger partial charge < -0.3 is 9.47 Å². The third-order valence-corrected chi connectivity index (χ3v) is 2.11. The highest BCUT2D eigenvalue weighted by Crippen LogP contribution is 2.34. The molecular formula is C10H10BrNO2. The van der Waals surface area contributed by atoms with Crippen LogP contribution in [0.15, 0.2) is 16.6 Å². The van der Waals surface area contributed by atoms with Gasteiger partial charge in [-0.05, 0) is 19.1 Å². The molecule has 3 nitrogen and oxygen atoms in total. The second-order valence-electron chi connectivity index (χ2n) is 2.53. The number of halogens is 1. The Morgan fingerprint density at radius 3 is 2.71 bits per heavy atom. The third-order valence-electron chi connectivity index (χ3n) is 1.65. The van der Waals surface area contributed by atoms with Crippen LogP contribution in [0.2, 0.25) is 0 Å². The molecule has 0 saturated carbocycles. The van der Waals surface area contributed by atoms with Crippen LogP contribution in [0.5, 0.6) is 11.5 Å². The topological polar surface area (TPSA) is 42.2 Å². The van der Waals surface area contributed by atoms with Crippen molar-refractivity contribution in [2.45, 2.75) is 6.92 Å². The molecule has 0 bridgehead atoms. The SMILES string of the molecule is CCOc1c(C#N)cc(Br)cc1OC. The standard InChI is InChI=1S/C10H10BrNO2/c1-3-14-10-7(6-12)4-8(11)5-9(10)13-2/h4-5H,3H2,1-2H3. The zero-order chi connectivity index (χ0) is 10.6. The second kappa shape index (κ2) is 4.87. The number of nitriles is 1. The molecule has 0 aliphatic rings. The summed E-state index contributed by atoms with van der Waals surface area (Å²) in [5.41, 5.74) is 0.470. The predicted octanol–water partition coefficient (Wildman–Crippen LogP) is 2.73. The predicted molar refractivity (Wildman–Crippen MR) is 56.6 cm³/mol. The van der Waals surface area contributed by atoms with E-state index in [1.807, 2.05) is 6.92 Å². The van der Waals surface area contributed by atoms with Crippen LogP contribution >= 0.6 is 15.9 Å². The van der Waals surface area contributed by atoms with Crippen LogP contribution in [0.25, 0.3) is 0 Å². The first-order chi connectivity index (χ1) is 6.72. The zero-order valence-electron chi connectivity index (χ0n) is 8.00. The van der Waals surface area contributed by atoms with Gasteiger partial charge in [0.15, 0.2) is 11.5 Å². The van der Waals surface area contributed by atoms with Crippen molar-refractivity contribution in [1.29, 1.82) is 5.26 Å². The van der Waals surface area contributed by atoms with Gasteiger partial charge in [0.05, 0.1) is 19.3 Å². The molecule has 0 saturated heterocycles.